The minimum atomic E-state index is 0.434. The highest BCUT2D eigenvalue weighted by Crippen LogP contribution is 2.30. The molecule has 1 aliphatic rings. The Hall–Kier alpha value is -0.500. The monoisotopic (exact) mass is 182 g/mol. The van der Waals surface area contributed by atoms with Crippen LogP contribution in [0.4, 0.5) is 0 Å². The van der Waals surface area contributed by atoms with Gasteiger partial charge < -0.3 is 10.2 Å². The molecule has 0 aromatic carbocycles. The summed E-state index contributed by atoms with van der Waals surface area (Å²) in [5.74, 6) is 0. The molecule has 1 rings (SSSR count). The Morgan fingerprint density at radius 1 is 1.62 bits per heavy atom. The number of nitrogens with one attached hydrogen (secondary N) is 1. The van der Waals surface area contributed by atoms with Gasteiger partial charge in [0.1, 0.15) is 0 Å². The van der Waals surface area contributed by atoms with Crippen molar-refractivity contribution in [1.82, 2.24) is 10.2 Å². The molecule has 1 saturated heterocycles. The Labute approximate surface area is 82.0 Å². The molecule has 1 heterocycles. The molecular formula is C11H22N2. The first-order valence-corrected chi connectivity index (χ1v) is 5.03. The maximum absolute atomic E-state index is 3.94. The molecule has 0 aliphatic carbocycles. The zero-order valence-electron chi connectivity index (χ0n) is 9.35. The third kappa shape index (κ3) is 2.47. The number of hydrogen-bond donors (Lipinski definition) is 1. The largest absolute Gasteiger partial charge is 0.377 e. The SMILES string of the molecule is C=C(C)N(C)CC1NCCC1(C)C. The number of likely N-dealkylation sites (N-methyl/N-ethyl adjacent to an activating group) is 1. The molecular weight excluding hydrogens is 160 g/mol. The third-order valence-electron chi connectivity index (χ3n) is 3.21. The second kappa shape index (κ2) is 3.70. The van der Waals surface area contributed by atoms with E-state index in [0.717, 1.165) is 18.8 Å². The minimum Gasteiger partial charge on any atom is -0.377 e. The van der Waals surface area contributed by atoms with Crippen molar-refractivity contribution in [3.8, 4) is 0 Å². The fraction of sp³-hybridized carbons (Fsp3) is 0.818. The van der Waals surface area contributed by atoms with E-state index in [1.807, 2.05) is 0 Å². The van der Waals surface area contributed by atoms with Gasteiger partial charge in [-0.05, 0) is 25.3 Å². The topological polar surface area (TPSA) is 15.3 Å². The predicted molar refractivity (Wildman–Crippen MR) is 57.6 cm³/mol. The Morgan fingerprint density at radius 2 is 2.23 bits per heavy atom. The molecule has 0 saturated carbocycles. The summed E-state index contributed by atoms with van der Waals surface area (Å²) in [6.07, 6.45) is 1.28. The van der Waals surface area contributed by atoms with Gasteiger partial charge in [-0.25, -0.2) is 0 Å². The molecule has 2 nitrogen and oxygen atoms in total. The first-order valence-electron chi connectivity index (χ1n) is 5.03. The van der Waals surface area contributed by atoms with Crippen molar-refractivity contribution in [3.63, 3.8) is 0 Å². The van der Waals surface area contributed by atoms with Crippen LogP contribution in [0.3, 0.4) is 0 Å². The lowest BCUT2D eigenvalue weighted by Crippen LogP contribution is -2.41. The molecule has 2 heteroatoms. The zero-order chi connectivity index (χ0) is 10.1. The van der Waals surface area contributed by atoms with E-state index in [2.05, 4.69) is 44.6 Å². The summed E-state index contributed by atoms with van der Waals surface area (Å²) in [5.41, 5.74) is 1.58. The quantitative estimate of drug-likeness (QED) is 0.716. The molecule has 1 unspecified atom stereocenters. The highest BCUT2D eigenvalue weighted by Gasteiger charge is 2.34. The number of nitrogens with zero attached hydrogens (tertiary/aromatic N) is 1. The normalized spacial score (nSPS) is 26.0. The summed E-state index contributed by atoms with van der Waals surface area (Å²) in [5, 5.41) is 3.55. The van der Waals surface area contributed by atoms with Crippen LogP contribution in [-0.4, -0.2) is 31.1 Å². The molecule has 1 N–H and O–H groups in total. The van der Waals surface area contributed by atoms with Crippen molar-refractivity contribution in [3.05, 3.63) is 12.3 Å². The molecule has 0 aromatic rings. The Bertz CT molecular complexity index is 196. The maximum atomic E-state index is 3.94. The summed E-state index contributed by atoms with van der Waals surface area (Å²) in [6.45, 7) is 12.9. The average Bonchev–Trinajstić information content (AvgIpc) is 2.30. The lowest BCUT2D eigenvalue weighted by Gasteiger charge is -2.31. The maximum Gasteiger partial charge on any atom is 0.0330 e. The first kappa shape index (κ1) is 10.6. The fourth-order valence-electron chi connectivity index (χ4n) is 1.76. The van der Waals surface area contributed by atoms with Crippen LogP contribution in [0.1, 0.15) is 27.2 Å². The van der Waals surface area contributed by atoms with Gasteiger partial charge in [0.15, 0.2) is 0 Å². The Balaban J connectivity index is 2.49. The standard InChI is InChI=1S/C11H22N2/c1-9(2)13(5)8-10-11(3,4)6-7-12-10/h10,12H,1,6-8H2,2-5H3. The van der Waals surface area contributed by atoms with Crippen LogP contribution in [0, 0.1) is 5.41 Å². The van der Waals surface area contributed by atoms with Crippen LogP contribution < -0.4 is 5.32 Å². The van der Waals surface area contributed by atoms with Gasteiger partial charge in [-0.1, -0.05) is 20.4 Å². The molecule has 0 aromatic heterocycles. The van der Waals surface area contributed by atoms with Crippen LogP contribution >= 0.6 is 0 Å². The lowest BCUT2D eigenvalue weighted by molar-refractivity contribution is 0.252. The van der Waals surface area contributed by atoms with E-state index in [4.69, 9.17) is 0 Å². The van der Waals surface area contributed by atoms with Gasteiger partial charge in [0.05, 0.1) is 0 Å². The minimum absolute atomic E-state index is 0.434. The van der Waals surface area contributed by atoms with Gasteiger partial charge in [0.2, 0.25) is 0 Å². The number of allylic oxidation sites excluding steroid dienone is 1. The van der Waals surface area contributed by atoms with Gasteiger partial charge in [-0.15, -0.1) is 0 Å². The second-order valence-electron chi connectivity index (χ2n) is 4.86. The summed E-state index contributed by atoms with van der Waals surface area (Å²) in [4.78, 5) is 2.23. The fourth-order valence-corrected chi connectivity index (χ4v) is 1.76. The van der Waals surface area contributed by atoms with Crippen molar-refractivity contribution in [1.29, 1.82) is 0 Å². The van der Waals surface area contributed by atoms with Gasteiger partial charge in [0.25, 0.3) is 0 Å². The Morgan fingerprint density at radius 3 is 2.62 bits per heavy atom. The third-order valence-corrected chi connectivity index (χ3v) is 3.21. The van der Waals surface area contributed by atoms with Crippen molar-refractivity contribution in [2.45, 2.75) is 33.2 Å². The number of rotatable bonds is 3. The average molecular weight is 182 g/mol. The van der Waals surface area contributed by atoms with E-state index in [1.54, 1.807) is 0 Å². The molecule has 13 heavy (non-hydrogen) atoms. The Kier molecular flexibility index (Phi) is 3.01. The lowest BCUT2D eigenvalue weighted by atomic mass is 9.85. The van der Waals surface area contributed by atoms with Gasteiger partial charge in [0, 0.05) is 25.3 Å². The van der Waals surface area contributed by atoms with Gasteiger partial charge in [-0.2, -0.15) is 0 Å². The van der Waals surface area contributed by atoms with Gasteiger partial charge >= 0.3 is 0 Å². The first-order chi connectivity index (χ1) is 5.93. The van der Waals surface area contributed by atoms with E-state index < -0.39 is 0 Å². The van der Waals surface area contributed by atoms with E-state index >= 15 is 0 Å². The molecule has 76 valence electrons. The van der Waals surface area contributed by atoms with Crippen molar-refractivity contribution >= 4 is 0 Å². The van der Waals surface area contributed by atoms with E-state index in [0.29, 0.717) is 11.5 Å². The molecule has 0 radical (unpaired) electrons. The summed E-state index contributed by atoms with van der Waals surface area (Å²) in [7, 11) is 2.11. The number of hydrogen-bond acceptors (Lipinski definition) is 2. The van der Waals surface area contributed by atoms with Crippen LogP contribution in [-0.2, 0) is 0 Å². The second-order valence-corrected chi connectivity index (χ2v) is 4.86. The van der Waals surface area contributed by atoms with Crippen LogP contribution in [0.25, 0.3) is 0 Å². The van der Waals surface area contributed by atoms with E-state index in [-0.39, 0.29) is 0 Å². The highest BCUT2D eigenvalue weighted by atomic mass is 15.1. The van der Waals surface area contributed by atoms with E-state index in [9.17, 15) is 0 Å². The van der Waals surface area contributed by atoms with Crippen molar-refractivity contribution in [2.24, 2.45) is 5.41 Å². The smallest absolute Gasteiger partial charge is 0.0330 e. The summed E-state index contributed by atoms with van der Waals surface area (Å²) < 4.78 is 0. The van der Waals surface area contributed by atoms with Gasteiger partial charge in [-0.3, -0.25) is 0 Å². The molecule has 0 bridgehead atoms. The predicted octanol–water partition coefficient (Wildman–Crippen LogP) is 1.84. The summed E-state index contributed by atoms with van der Waals surface area (Å²) >= 11 is 0. The zero-order valence-corrected chi connectivity index (χ0v) is 9.35. The molecule has 0 spiro atoms. The van der Waals surface area contributed by atoms with Crippen LogP contribution in [0.2, 0.25) is 0 Å². The van der Waals surface area contributed by atoms with Crippen LogP contribution in [0.5, 0.6) is 0 Å². The highest BCUT2D eigenvalue weighted by molar-refractivity contribution is 4.96. The van der Waals surface area contributed by atoms with Crippen molar-refractivity contribution < 1.29 is 0 Å². The van der Waals surface area contributed by atoms with E-state index in [1.165, 1.54) is 6.42 Å². The summed E-state index contributed by atoms with van der Waals surface area (Å²) in [6, 6.07) is 0.606. The molecule has 1 aliphatic heterocycles. The van der Waals surface area contributed by atoms with Crippen LogP contribution in [0.15, 0.2) is 12.3 Å². The molecule has 0 amide bonds. The van der Waals surface area contributed by atoms with Crippen molar-refractivity contribution in [2.75, 3.05) is 20.1 Å². The molecule has 1 fully saturated rings. The molecule has 1 atom stereocenters.